The van der Waals surface area contributed by atoms with Crippen molar-refractivity contribution in [1.82, 2.24) is 48.2 Å². The second-order valence-electron chi connectivity index (χ2n) is 49.0. The molecule has 710 valence electrons. The monoisotopic (exact) mass is 1900 g/mol. The van der Waals surface area contributed by atoms with Gasteiger partial charge in [-0.25, -0.2) is 29.9 Å². The van der Waals surface area contributed by atoms with Gasteiger partial charge in [0.2, 0.25) is 0 Å². The van der Waals surface area contributed by atoms with E-state index in [1.54, 1.807) is 0 Å². The molecule has 7 heterocycles. The molecule has 36 rings (SSSR count). The number of nitrogens with zero attached hydrogens (tertiary/aromatic N) is 10. The maximum atomic E-state index is 6.44. The quantitative estimate of drug-likeness (QED) is 0.101. The zero-order valence-corrected chi connectivity index (χ0v) is 83.7. The molecule has 0 radical (unpaired) electrons. The molecule has 145 heavy (non-hydrogen) atoms. The SMILES string of the molecule is CC1(C)c2ccccc2-c2ccc3c(c21)c1ccccc1n3-c1ccc(-c2ccccc2-n2c3ccccc3c3ccc(C45CC6CC(C4)CC(c4nc(-c7cc(-c8ccccc8-n8c9ccccc9c9ccccc98)ccc7-n7c8ccccc8c8c9sc%10ccccc%10c9ccc87)nc(C78CC9CC(CC(C9)C7)C8)n4)(C6)C5)cc32)cc1-c1nc(CCC2CC3CCCC(C3)C2)nc(C23CC4CC(CC(C4)C2)C3)n1. The van der Waals surface area contributed by atoms with Crippen LogP contribution in [0.25, 0.3) is 186 Å². The Morgan fingerprint density at radius 1 is 0.290 bits per heavy atom. The third-order valence-electron chi connectivity index (χ3n) is 40.1. The minimum atomic E-state index is -0.303. The summed E-state index contributed by atoms with van der Waals surface area (Å²) in [6, 6.07) is 115. The Hall–Kier alpha value is -13.5. The lowest BCUT2D eigenvalue weighted by molar-refractivity contribution is -0.0333. The van der Waals surface area contributed by atoms with Crippen LogP contribution >= 0.6 is 11.3 Å². The lowest BCUT2D eigenvalue weighted by Gasteiger charge is -2.62. The number of rotatable bonds is 15. The van der Waals surface area contributed by atoms with Gasteiger partial charge in [0, 0.05) is 114 Å². The number of hydrogen-bond acceptors (Lipinski definition) is 7. The molecule has 14 bridgehead atoms. The summed E-state index contributed by atoms with van der Waals surface area (Å²) < 4.78 is 13.1. The van der Waals surface area contributed by atoms with E-state index in [1.807, 2.05) is 11.3 Å². The number of aromatic nitrogens is 10. The van der Waals surface area contributed by atoms with Crippen molar-refractivity contribution >= 4 is 119 Å². The average molecular weight is 1900 g/mol. The molecule has 0 N–H and O–H groups in total. The average Bonchev–Trinajstić information content (AvgIpc) is 1.67. The minimum absolute atomic E-state index is 0.0454. The largest absolute Gasteiger partial charge is 0.309 e. The highest BCUT2D eigenvalue weighted by molar-refractivity contribution is 7.26. The molecule has 21 aromatic rings. The molecule has 15 aliphatic rings. The van der Waals surface area contributed by atoms with E-state index in [9.17, 15) is 0 Å². The maximum absolute atomic E-state index is 6.44. The first-order valence-corrected chi connectivity index (χ1v) is 56.1. The fourth-order valence-electron chi connectivity index (χ4n) is 35.7. The zero-order valence-electron chi connectivity index (χ0n) is 82.9. The van der Waals surface area contributed by atoms with Gasteiger partial charge in [-0.15, -0.1) is 11.3 Å². The summed E-state index contributed by atoms with van der Waals surface area (Å²) in [5.41, 5.74) is 27.1. The van der Waals surface area contributed by atoms with Crippen molar-refractivity contribution in [2.24, 2.45) is 65.1 Å². The fraction of sp³-hybridized carbons (Fsp3) is 0.328. The molecule has 0 saturated heterocycles. The first kappa shape index (κ1) is 83.8. The molecule has 0 spiro atoms. The summed E-state index contributed by atoms with van der Waals surface area (Å²) in [6.45, 7) is 4.92. The molecule has 14 fully saturated rings. The maximum Gasteiger partial charge on any atom is 0.165 e. The summed E-state index contributed by atoms with van der Waals surface area (Å²) >= 11 is 1.93. The van der Waals surface area contributed by atoms with Crippen LogP contribution in [0, 0.1) is 65.1 Å². The van der Waals surface area contributed by atoms with Crippen LogP contribution in [0.2, 0.25) is 0 Å². The molecule has 4 atom stereocenters. The van der Waals surface area contributed by atoms with Gasteiger partial charge in [0.05, 0.1) is 66.9 Å². The summed E-state index contributed by atoms with van der Waals surface area (Å²) in [5, 5.41) is 12.9. The summed E-state index contributed by atoms with van der Waals surface area (Å²) in [5.74, 6) is 13.6. The predicted molar refractivity (Wildman–Crippen MR) is 593 cm³/mol. The van der Waals surface area contributed by atoms with Gasteiger partial charge in [-0.05, 0) is 342 Å². The van der Waals surface area contributed by atoms with Crippen LogP contribution in [0.15, 0.2) is 297 Å². The van der Waals surface area contributed by atoms with Gasteiger partial charge in [-0.2, -0.15) is 0 Å². The first-order valence-electron chi connectivity index (χ1n) is 55.3. The van der Waals surface area contributed by atoms with E-state index >= 15 is 0 Å². The first-order chi connectivity index (χ1) is 71.3. The third kappa shape index (κ3) is 12.4. The second-order valence-corrected chi connectivity index (χ2v) is 50.1. The van der Waals surface area contributed by atoms with E-state index in [2.05, 4.69) is 329 Å². The van der Waals surface area contributed by atoms with Crippen LogP contribution in [-0.2, 0) is 33.5 Å². The van der Waals surface area contributed by atoms with Crippen molar-refractivity contribution in [2.75, 3.05) is 0 Å². The topological polar surface area (TPSA) is 97.1 Å². The standard InChI is InChI=1S/C134H118N10S/c1-130(2)106-33-12-3-26-94(106)100-47-51-116-121(123(100)130)102-31-9-18-39-112(102)142(116)114-49-43-89(64-104(114)125-135-120(53-42-80-55-78-22-21-23-79(54-78)56-80)136-127(137-125)131-67-81-57-82(68-131)59-83(58-81)69-131)93-25-5-14-35-108(93)144-111-38-17-8-29-97(111)98-46-45-91(66-118(98)144)133-73-87-63-88(74-133)76-134(75-87,77-133)129-139-126(138-128(140-129)132-70-84-60-85(71-132)62-86(61-84)72-132)105-65-90(92-24-4-13-34-107(92)141-109-36-15-6-27-95(109)96-28-7-16-37-110(96)141)44-50-115(105)143-113-40-19-10-32-103(113)122-117(143)52-48-101-99-30-11-20-41-119(99)145-124(101)122/h3-20,24-41,43-52,64-66,78-88H,21-23,42,53-63,67-77H2,1-2H3. The predicted octanol–water partition coefficient (Wildman–Crippen LogP) is 33.7. The van der Waals surface area contributed by atoms with Crippen LogP contribution in [0.3, 0.4) is 0 Å². The van der Waals surface area contributed by atoms with Crippen molar-refractivity contribution in [3.8, 4) is 78.9 Å². The fourth-order valence-corrected chi connectivity index (χ4v) is 37.0. The zero-order chi connectivity index (χ0) is 94.8. The summed E-state index contributed by atoms with van der Waals surface area (Å²) in [6.07, 6.45) is 32.3. The molecule has 10 nitrogen and oxygen atoms in total. The Balaban J connectivity index is 0.562. The highest BCUT2D eigenvalue weighted by Gasteiger charge is 2.62. The molecule has 15 aliphatic carbocycles. The lowest BCUT2D eigenvalue weighted by atomic mass is 9.42. The van der Waals surface area contributed by atoms with E-state index in [0.29, 0.717) is 35.5 Å². The number of fused-ring (bicyclic) bond motifs is 22. The van der Waals surface area contributed by atoms with Gasteiger partial charge in [-0.1, -0.05) is 239 Å². The molecular weight excluding hydrogens is 1780 g/mol. The number of benzene rings is 14. The Morgan fingerprint density at radius 2 is 0.703 bits per heavy atom. The molecule has 14 aromatic carbocycles. The van der Waals surface area contributed by atoms with E-state index in [1.165, 1.54) is 249 Å². The van der Waals surface area contributed by atoms with Crippen LogP contribution in [-0.4, -0.2) is 48.2 Å². The molecule has 4 unspecified atom stereocenters. The van der Waals surface area contributed by atoms with Crippen LogP contribution in [0.1, 0.15) is 214 Å². The number of para-hydroxylation sites is 7. The number of thiophene rings is 1. The van der Waals surface area contributed by atoms with Crippen LogP contribution in [0.5, 0.6) is 0 Å². The van der Waals surface area contributed by atoms with E-state index < -0.39 is 0 Å². The molecule has 0 aliphatic heterocycles. The highest BCUT2D eigenvalue weighted by atomic mass is 32.1. The van der Waals surface area contributed by atoms with Crippen LogP contribution < -0.4 is 0 Å². The Labute approximate surface area is 849 Å². The Morgan fingerprint density at radius 3 is 1.28 bits per heavy atom. The van der Waals surface area contributed by atoms with E-state index in [0.717, 1.165) is 174 Å². The van der Waals surface area contributed by atoms with Gasteiger partial charge in [-0.3, -0.25) is 0 Å². The van der Waals surface area contributed by atoms with E-state index in [4.69, 9.17) is 29.9 Å². The molecule has 14 saturated carbocycles. The van der Waals surface area contributed by atoms with E-state index in [-0.39, 0.29) is 27.1 Å². The molecule has 11 heteroatoms. The molecule has 7 aromatic heterocycles. The number of hydrogen-bond donors (Lipinski definition) is 0. The van der Waals surface area contributed by atoms with Crippen molar-refractivity contribution in [3.63, 3.8) is 0 Å². The van der Waals surface area contributed by atoms with Gasteiger partial charge in [0.25, 0.3) is 0 Å². The van der Waals surface area contributed by atoms with Gasteiger partial charge in [0.1, 0.15) is 23.3 Å². The minimum Gasteiger partial charge on any atom is -0.309 e. The normalized spacial score (nSPS) is 27.0. The Bertz CT molecular complexity index is 8980. The van der Waals surface area contributed by atoms with Gasteiger partial charge in [0.15, 0.2) is 11.6 Å². The highest BCUT2D eigenvalue weighted by Crippen LogP contribution is 2.69. The third-order valence-corrected chi connectivity index (χ3v) is 41.4. The van der Waals surface area contributed by atoms with Crippen molar-refractivity contribution < 1.29 is 0 Å². The smallest absolute Gasteiger partial charge is 0.165 e. The molecule has 0 amide bonds. The van der Waals surface area contributed by atoms with Gasteiger partial charge < -0.3 is 18.3 Å². The lowest BCUT2D eigenvalue weighted by Crippen LogP contribution is -2.56. The summed E-state index contributed by atoms with van der Waals surface area (Å²) in [7, 11) is 0. The van der Waals surface area contributed by atoms with Crippen molar-refractivity contribution in [1.29, 1.82) is 0 Å². The summed E-state index contributed by atoms with van der Waals surface area (Å²) in [4.78, 5) is 37.2. The molecular formula is C134H118N10S. The van der Waals surface area contributed by atoms with Crippen molar-refractivity contribution in [3.05, 3.63) is 337 Å². The number of aryl methyl sites for hydroxylation is 1. The van der Waals surface area contributed by atoms with Gasteiger partial charge >= 0.3 is 0 Å². The van der Waals surface area contributed by atoms with Crippen molar-refractivity contribution in [2.45, 2.75) is 208 Å². The van der Waals surface area contributed by atoms with Crippen LogP contribution in [0.4, 0.5) is 0 Å². The second kappa shape index (κ2) is 30.8. The Kier molecular flexibility index (Phi) is 17.8.